The van der Waals surface area contributed by atoms with E-state index in [1.165, 1.54) is 27.9 Å². The Labute approximate surface area is 176 Å². The van der Waals surface area contributed by atoms with Crippen LogP contribution in [0.4, 0.5) is 24.5 Å². The standard InChI is InChI=1S/C22H19F3N4O2/c1-13-3-5-15(6-4-13)20(30)27-18-11-26-29-14(2)12-28(21(31)19(18)29)17-9-7-16(8-10-17)22(23,24)25/h3-11,14H,12H2,1-2H3,(H,27,30)/t14-/m0/s1. The maximum atomic E-state index is 13.2. The number of anilines is 2. The Balaban J connectivity index is 1.62. The molecule has 9 heteroatoms. The number of rotatable bonds is 3. The number of nitrogens with zero attached hydrogens (tertiary/aromatic N) is 3. The molecule has 1 aromatic heterocycles. The Hall–Kier alpha value is -3.62. The molecule has 2 aromatic carbocycles. The second kappa shape index (κ2) is 7.57. The van der Waals surface area contributed by atoms with E-state index in [2.05, 4.69) is 10.4 Å². The van der Waals surface area contributed by atoms with Gasteiger partial charge in [-0.1, -0.05) is 17.7 Å². The van der Waals surface area contributed by atoms with Gasteiger partial charge in [0.1, 0.15) is 0 Å². The summed E-state index contributed by atoms with van der Waals surface area (Å²) in [6.45, 7) is 3.99. The molecule has 31 heavy (non-hydrogen) atoms. The second-order valence-electron chi connectivity index (χ2n) is 7.48. The fraction of sp³-hybridized carbons (Fsp3) is 0.227. The molecule has 0 radical (unpaired) electrons. The van der Waals surface area contributed by atoms with Crippen molar-refractivity contribution in [2.24, 2.45) is 0 Å². The van der Waals surface area contributed by atoms with Crippen molar-refractivity contribution in [3.05, 3.63) is 77.1 Å². The first-order chi connectivity index (χ1) is 14.6. The van der Waals surface area contributed by atoms with E-state index in [9.17, 15) is 22.8 Å². The Morgan fingerprint density at radius 1 is 1.10 bits per heavy atom. The van der Waals surface area contributed by atoms with Gasteiger partial charge >= 0.3 is 6.18 Å². The van der Waals surface area contributed by atoms with E-state index in [-0.39, 0.29) is 29.9 Å². The average molecular weight is 428 g/mol. The smallest absolute Gasteiger partial charge is 0.319 e. The number of hydrogen-bond donors (Lipinski definition) is 1. The molecule has 2 heterocycles. The third-order valence-electron chi connectivity index (χ3n) is 5.18. The molecule has 160 valence electrons. The third-order valence-corrected chi connectivity index (χ3v) is 5.18. The van der Waals surface area contributed by atoms with Crippen LogP contribution < -0.4 is 10.2 Å². The summed E-state index contributed by atoms with van der Waals surface area (Å²) in [5.74, 6) is -0.836. The SMILES string of the molecule is Cc1ccc(C(=O)Nc2cnn3c2C(=O)N(c2ccc(C(F)(F)F)cc2)C[C@@H]3C)cc1. The van der Waals surface area contributed by atoms with Gasteiger partial charge in [0.25, 0.3) is 11.8 Å². The van der Waals surface area contributed by atoms with Crippen molar-refractivity contribution >= 4 is 23.2 Å². The largest absolute Gasteiger partial charge is 0.416 e. The Morgan fingerprint density at radius 3 is 2.35 bits per heavy atom. The molecule has 4 rings (SSSR count). The third kappa shape index (κ3) is 3.90. The first-order valence-electron chi connectivity index (χ1n) is 9.60. The Kier molecular flexibility index (Phi) is 5.04. The van der Waals surface area contributed by atoms with Gasteiger partial charge in [-0.25, -0.2) is 0 Å². The van der Waals surface area contributed by atoms with E-state index in [1.54, 1.807) is 12.1 Å². The van der Waals surface area contributed by atoms with Gasteiger partial charge in [0.15, 0.2) is 5.69 Å². The van der Waals surface area contributed by atoms with Crippen LogP contribution in [0.15, 0.2) is 54.7 Å². The fourth-order valence-electron chi connectivity index (χ4n) is 3.51. The molecule has 2 amide bonds. The van der Waals surface area contributed by atoms with Crippen molar-refractivity contribution in [1.82, 2.24) is 9.78 Å². The Bertz CT molecular complexity index is 1140. The second-order valence-corrected chi connectivity index (χ2v) is 7.48. The molecule has 1 atom stereocenters. The highest BCUT2D eigenvalue weighted by molar-refractivity contribution is 6.13. The number of benzene rings is 2. The first-order valence-corrected chi connectivity index (χ1v) is 9.60. The summed E-state index contributed by atoms with van der Waals surface area (Å²) >= 11 is 0. The molecule has 3 aromatic rings. The summed E-state index contributed by atoms with van der Waals surface area (Å²) in [6.07, 6.45) is -3.05. The van der Waals surface area contributed by atoms with Crippen LogP contribution in [-0.4, -0.2) is 28.1 Å². The van der Waals surface area contributed by atoms with Gasteiger partial charge in [-0.05, 0) is 50.2 Å². The molecule has 0 unspecified atom stereocenters. The van der Waals surface area contributed by atoms with Crippen LogP contribution in [0.1, 0.15) is 44.9 Å². The molecule has 0 saturated heterocycles. The summed E-state index contributed by atoms with van der Waals surface area (Å²) in [5.41, 5.74) is 1.42. The topological polar surface area (TPSA) is 67.2 Å². The highest BCUT2D eigenvalue weighted by Gasteiger charge is 2.35. The highest BCUT2D eigenvalue weighted by atomic mass is 19.4. The van der Waals surface area contributed by atoms with Gasteiger partial charge in [0, 0.05) is 17.8 Å². The predicted octanol–water partition coefficient (Wildman–Crippen LogP) is 4.68. The van der Waals surface area contributed by atoms with E-state index in [4.69, 9.17) is 0 Å². The molecule has 0 fully saturated rings. The molecular formula is C22H19F3N4O2. The summed E-state index contributed by atoms with van der Waals surface area (Å²) in [4.78, 5) is 27.2. The summed E-state index contributed by atoms with van der Waals surface area (Å²) in [5, 5.41) is 6.95. The number of carbonyl (C=O) groups is 2. The number of aryl methyl sites for hydroxylation is 1. The van der Waals surface area contributed by atoms with Crippen molar-refractivity contribution in [2.45, 2.75) is 26.1 Å². The molecule has 0 aliphatic carbocycles. The normalized spacial score (nSPS) is 16.2. The van der Waals surface area contributed by atoms with Crippen molar-refractivity contribution in [3.8, 4) is 0 Å². The zero-order valence-corrected chi connectivity index (χ0v) is 16.8. The molecule has 0 spiro atoms. The van der Waals surface area contributed by atoms with Crippen LogP contribution >= 0.6 is 0 Å². The maximum Gasteiger partial charge on any atom is 0.416 e. The number of amides is 2. The summed E-state index contributed by atoms with van der Waals surface area (Å²) < 4.78 is 40.1. The van der Waals surface area contributed by atoms with Crippen molar-refractivity contribution in [3.63, 3.8) is 0 Å². The quantitative estimate of drug-likeness (QED) is 0.659. The fourth-order valence-corrected chi connectivity index (χ4v) is 3.51. The lowest BCUT2D eigenvalue weighted by Gasteiger charge is -2.32. The molecule has 1 aliphatic heterocycles. The maximum absolute atomic E-state index is 13.2. The van der Waals surface area contributed by atoms with Crippen molar-refractivity contribution in [1.29, 1.82) is 0 Å². The van der Waals surface area contributed by atoms with Gasteiger partial charge in [0.05, 0.1) is 23.5 Å². The summed E-state index contributed by atoms with van der Waals surface area (Å²) in [6, 6.07) is 11.2. The van der Waals surface area contributed by atoms with Gasteiger partial charge in [-0.2, -0.15) is 18.3 Å². The molecular weight excluding hydrogens is 409 g/mol. The van der Waals surface area contributed by atoms with Crippen LogP contribution in [0.2, 0.25) is 0 Å². The zero-order chi connectivity index (χ0) is 22.3. The van der Waals surface area contributed by atoms with Gasteiger partial charge in [-0.3, -0.25) is 14.3 Å². The number of halogens is 3. The zero-order valence-electron chi connectivity index (χ0n) is 16.8. The molecule has 6 nitrogen and oxygen atoms in total. The van der Waals surface area contributed by atoms with Gasteiger partial charge in [0.2, 0.25) is 0 Å². The minimum atomic E-state index is -4.45. The van der Waals surface area contributed by atoms with Crippen LogP contribution in [0.5, 0.6) is 0 Å². The summed E-state index contributed by atoms with van der Waals surface area (Å²) in [7, 11) is 0. The van der Waals surface area contributed by atoms with Gasteiger partial charge < -0.3 is 10.2 Å². The Morgan fingerprint density at radius 2 is 1.74 bits per heavy atom. The lowest BCUT2D eigenvalue weighted by atomic mass is 10.1. The highest BCUT2D eigenvalue weighted by Crippen LogP contribution is 2.33. The predicted molar refractivity (Wildman–Crippen MR) is 109 cm³/mol. The van der Waals surface area contributed by atoms with Crippen molar-refractivity contribution in [2.75, 3.05) is 16.8 Å². The van der Waals surface area contributed by atoms with E-state index >= 15 is 0 Å². The van der Waals surface area contributed by atoms with Crippen LogP contribution in [0.25, 0.3) is 0 Å². The molecule has 1 aliphatic rings. The molecule has 0 bridgehead atoms. The number of aromatic nitrogens is 2. The lowest BCUT2D eigenvalue weighted by Crippen LogP contribution is -2.43. The number of alkyl halides is 3. The van der Waals surface area contributed by atoms with E-state index in [0.717, 1.165) is 17.7 Å². The van der Waals surface area contributed by atoms with E-state index < -0.39 is 17.6 Å². The molecule has 1 N–H and O–H groups in total. The number of nitrogens with one attached hydrogen (secondary N) is 1. The minimum Gasteiger partial charge on any atom is -0.319 e. The average Bonchev–Trinajstić information content (AvgIpc) is 3.15. The van der Waals surface area contributed by atoms with Gasteiger partial charge in [-0.15, -0.1) is 0 Å². The minimum absolute atomic E-state index is 0.180. The number of fused-ring (bicyclic) bond motifs is 1. The van der Waals surface area contributed by atoms with Crippen LogP contribution in [0.3, 0.4) is 0 Å². The van der Waals surface area contributed by atoms with Crippen LogP contribution in [0, 0.1) is 6.92 Å². The van der Waals surface area contributed by atoms with Crippen molar-refractivity contribution < 1.29 is 22.8 Å². The lowest BCUT2D eigenvalue weighted by molar-refractivity contribution is -0.137. The number of carbonyl (C=O) groups excluding carboxylic acids is 2. The number of hydrogen-bond acceptors (Lipinski definition) is 3. The van der Waals surface area contributed by atoms with Crippen LogP contribution in [-0.2, 0) is 6.18 Å². The first kappa shape index (κ1) is 20.6. The molecule has 0 saturated carbocycles. The monoisotopic (exact) mass is 428 g/mol. The van der Waals surface area contributed by atoms with E-state index in [0.29, 0.717) is 11.3 Å². The van der Waals surface area contributed by atoms with E-state index in [1.807, 2.05) is 26.0 Å².